The van der Waals surface area contributed by atoms with Crippen LogP contribution >= 0.6 is 0 Å². The predicted molar refractivity (Wildman–Crippen MR) is 43.0 cm³/mol. The van der Waals surface area contributed by atoms with Crippen LogP contribution < -0.4 is 5.32 Å². The van der Waals surface area contributed by atoms with Gasteiger partial charge in [-0.15, -0.1) is 0 Å². The predicted octanol–water partition coefficient (Wildman–Crippen LogP) is 2.68. The van der Waals surface area contributed by atoms with Crippen molar-refractivity contribution >= 4 is 5.69 Å². The van der Waals surface area contributed by atoms with Crippen molar-refractivity contribution in [1.82, 2.24) is 0 Å². The van der Waals surface area contributed by atoms with Crippen LogP contribution in [0, 0.1) is 17.5 Å². The lowest BCUT2D eigenvalue weighted by Crippen LogP contribution is -2.04. The zero-order valence-electron chi connectivity index (χ0n) is 6.78. The van der Waals surface area contributed by atoms with Gasteiger partial charge in [0, 0.05) is 18.2 Å². The lowest BCUT2D eigenvalue weighted by atomic mass is 10.3. The van der Waals surface area contributed by atoms with Crippen molar-refractivity contribution in [1.29, 1.82) is 0 Å². The van der Waals surface area contributed by atoms with Crippen molar-refractivity contribution in [3.63, 3.8) is 0 Å². The first-order chi connectivity index (χ1) is 6.16. The van der Waals surface area contributed by atoms with E-state index in [0.29, 0.717) is 6.07 Å². The van der Waals surface area contributed by atoms with Gasteiger partial charge in [0.2, 0.25) is 0 Å². The number of anilines is 1. The molecule has 1 aliphatic carbocycles. The maximum atomic E-state index is 12.9. The number of halogens is 3. The number of nitrogens with one attached hydrogen (secondary N) is 1. The highest BCUT2D eigenvalue weighted by molar-refractivity contribution is 5.47. The van der Waals surface area contributed by atoms with Crippen LogP contribution in [0.5, 0.6) is 0 Å². The standard InChI is InChI=1S/C9H8F3N/c10-6-3-8(12)9(4-7(6)11)13-5-1-2-5/h3-5,13H,1-2H2. The summed E-state index contributed by atoms with van der Waals surface area (Å²) in [6, 6.07) is 1.63. The number of benzene rings is 1. The van der Waals surface area contributed by atoms with Gasteiger partial charge in [0.25, 0.3) is 0 Å². The molecule has 0 spiro atoms. The van der Waals surface area contributed by atoms with Crippen LogP contribution in [0.4, 0.5) is 18.9 Å². The normalized spacial score (nSPS) is 15.9. The largest absolute Gasteiger partial charge is 0.380 e. The van der Waals surface area contributed by atoms with Gasteiger partial charge >= 0.3 is 0 Å². The summed E-state index contributed by atoms with van der Waals surface area (Å²) in [5, 5.41) is 2.77. The number of hydrogen-bond donors (Lipinski definition) is 1. The van der Waals surface area contributed by atoms with Crippen LogP contribution in [-0.2, 0) is 0 Å². The van der Waals surface area contributed by atoms with Crippen molar-refractivity contribution in [2.75, 3.05) is 5.32 Å². The summed E-state index contributed by atoms with van der Waals surface area (Å²) >= 11 is 0. The molecule has 0 aliphatic heterocycles. The zero-order chi connectivity index (χ0) is 9.42. The van der Waals surface area contributed by atoms with Gasteiger partial charge in [-0.2, -0.15) is 0 Å². The molecule has 0 unspecified atom stereocenters. The molecule has 0 amide bonds. The third kappa shape index (κ3) is 1.76. The molecular formula is C9H8F3N. The van der Waals surface area contributed by atoms with Crippen molar-refractivity contribution in [2.24, 2.45) is 0 Å². The smallest absolute Gasteiger partial charge is 0.161 e. The second-order valence-electron chi connectivity index (χ2n) is 3.16. The molecule has 1 N–H and O–H groups in total. The van der Waals surface area contributed by atoms with Crippen LogP contribution in [0.2, 0.25) is 0 Å². The van der Waals surface area contributed by atoms with Crippen molar-refractivity contribution in [3.8, 4) is 0 Å². The highest BCUT2D eigenvalue weighted by Crippen LogP contribution is 2.27. The SMILES string of the molecule is Fc1cc(F)c(NC2CC2)cc1F. The highest BCUT2D eigenvalue weighted by atomic mass is 19.2. The van der Waals surface area contributed by atoms with E-state index in [1.165, 1.54) is 0 Å². The lowest BCUT2D eigenvalue weighted by Gasteiger charge is -2.05. The zero-order valence-corrected chi connectivity index (χ0v) is 6.78. The summed E-state index contributed by atoms with van der Waals surface area (Å²) in [6.07, 6.45) is 1.91. The number of rotatable bonds is 2. The summed E-state index contributed by atoms with van der Waals surface area (Å²) in [4.78, 5) is 0. The Balaban J connectivity index is 2.27. The van der Waals surface area contributed by atoms with Gasteiger partial charge in [-0.1, -0.05) is 0 Å². The molecule has 70 valence electrons. The molecule has 0 heterocycles. The van der Waals surface area contributed by atoms with E-state index in [2.05, 4.69) is 5.32 Å². The molecule has 0 radical (unpaired) electrons. The average Bonchev–Trinajstić information content (AvgIpc) is 2.84. The topological polar surface area (TPSA) is 12.0 Å². The van der Waals surface area contributed by atoms with Crippen molar-refractivity contribution in [2.45, 2.75) is 18.9 Å². The Hall–Kier alpha value is -1.19. The number of hydrogen-bond acceptors (Lipinski definition) is 1. The summed E-state index contributed by atoms with van der Waals surface area (Å²) < 4.78 is 38.1. The Morgan fingerprint density at radius 3 is 2.23 bits per heavy atom. The quantitative estimate of drug-likeness (QED) is 0.702. The first-order valence-corrected chi connectivity index (χ1v) is 4.08. The fraction of sp³-hybridized carbons (Fsp3) is 0.333. The molecule has 1 aliphatic rings. The fourth-order valence-corrected chi connectivity index (χ4v) is 1.08. The maximum absolute atomic E-state index is 12.9. The molecule has 1 saturated carbocycles. The van der Waals surface area contributed by atoms with E-state index in [0.717, 1.165) is 18.9 Å². The Kier molecular flexibility index (Phi) is 1.90. The first-order valence-electron chi connectivity index (χ1n) is 4.08. The minimum absolute atomic E-state index is 0.0430. The molecule has 0 aromatic heterocycles. The molecule has 4 heteroatoms. The van der Waals surface area contributed by atoms with Crippen LogP contribution in [0.25, 0.3) is 0 Å². The van der Waals surface area contributed by atoms with Gasteiger partial charge in [0.05, 0.1) is 5.69 Å². The molecule has 1 aromatic rings. The Labute approximate surface area is 73.6 Å². The third-order valence-electron chi connectivity index (χ3n) is 1.95. The Morgan fingerprint density at radius 2 is 1.62 bits per heavy atom. The van der Waals surface area contributed by atoms with E-state index in [-0.39, 0.29) is 11.7 Å². The van der Waals surface area contributed by atoms with E-state index in [9.17, 15) is 13.2 Å². The minimum Gasteiger partial charge on any atom is -0.380 e. The van der Waals surface area contributed by atoms with E-state index in [4.69, 9.17) is 0 Å². The molecule has 0 saturated heterocycles. The molecule has 2 rings (SSSR count). The highest BCUT2D eigenvalue weighted by Gasteiger charge is 2.22. The molecule has 0 atom stereocenters. The van der Waals surface area contributed by atoms with E-state index < -0.39 is 17.5 Å². The minimum atomic E-state index is -1.15. The molecule has 1 aromatic carbocycles. The van der Waals surface area contributed by atoms with Crippen molar-refractivity contribution < 1.29 is 13.2 Å². The van der Waals surface area contributed by atoms with Crippen LogP contribution in [-0.4, -0.2) is 6.04 Å². The summed E-state index contributed by atoms with van der Waals surface area (Å²) in [5.41, 5.74) is 0.0430. The van der Waals surface area contributed by atoms with Gasteiger partial charge in [-0.3, -0.25) is 0 Å². The van der Waals surface area contributed by atoms with Crippen molar-refractivity contribution in [3.05, 3.63) is 29.6 Å². The maximum Gasteiger partial charge on any atom is 0.161 e. The van der Waals surface area contributed by atoms with Gasteiger partial charge < -0.3 is 5.32 Å². The molecular weight excluding hydrogens is 179 g/mol. The second kappa shape index (κ2) is 2.94. The third-order valence-corrected chi connectivity index (χ3v) is 1.95. The Morgan fingerprint density at radius 1 is 1.00 bits per heavy atom. The summed E-state index contributed by atoms with van der Waals surface area (Å²) in [5.74, 6) is -2.92. The molecule has 1 fully saturated rings. The summed E-state index contributed by atoms with van der Waals surface area (Å²) in [6.45, 7) is 0. The second-order valence-corrected chi connectivity index (χ2v) is 3.16. The molecule has 0 bridgehead atoms. The first kappa shape index (κ1) is 8.41. The van der Waals surface area contributed by atoms with Gasteiger partial charge in [0.1, 0.15) is 5.82 Å². The molecule has 13 heavy (non-hydrogen) atoms. The van der Waals surface area contributed by atoms with Crippen LogP contribution in [0.3, 0.4) is 0 Å². The monoisotopic (exact) mass is 187 g/mol. The average molecular weight is 187 g/mol. The van der Waals surface area contributed by atoms with Gasteiger partial charge in [-0.05, 0) is 12.8 Å². The molecule has 1 nitrogen and oxygen atoms in total. The fourth-order valence-electron chi connectivity index (χ4n) is 1.08. The lowest BCUT2D eigenvalue weighted by molar-refractivity contribution is 0.496. The van der Waals surface area contributed by atoms with Crippen LogP contribution in [0.15, 0.2) is 12.1 Å². The van der Waals surface area contributed by atoms with E-state index in [1.54, 1.807) is 0 Å². The van der Waals surface area contributed by atoms with Gasteiger partial charge in [-0.25, -0.2) is 13.2 Å². The van der Waals surface area contributed by atoms with E-state index in [1.807, 2.05) is 0 Å². The Bertz CT molecular complexity index is 334. The van der Waals surface area contributed by atoms with Crippen LogP contribution in [0.1, 0.15) is 12.8 Å². The summed E-state index contributed by atoms with van der Waals surface area (Å²) in [7, 11) is 0. The van der Waals surface area contributed by atoms with E-state index >= 15 is 0 Å². The van der Waals surface area contributed by atoms with Gasteiger partial charge in [0.15, 0.2) is 11.6 Å².